The van der Waals surface area contributed by atoms with Crippen molar-refractivity contribution in [2.45, 2.75) is 24.6 Å². The molecule has 1 saturated carbocycles. The first-order valence-electron chi connectivity index (χ1n) is 7.58. The molecule has 5 nitrogen and oxygen atoms in total. The second kappa shape index (κ2) is 6.42. The van der Waals surface area contributed by atoms with Crippen molar-refractivity contribution >= 4 is 23.3 Å². The molecule has 0 saturated heterocycles. The van der Waals surface area contributed by atoms with Crippen LogP contribution < -0.4 is 15.4 Å². The number of halogens is 4. The highest BCUT2D eigenvalue weighted by molar-refractivity contribution is 6.32. The Labute approximate surface area is 147 Å². The second-order valence-electron chi connectivity index (χ2n) is 5.96. The summed E-state index contributed by atoms with van der Waals surface area (Å²) in [4.78, 5) is 11.9. The molecule has 0 aromatic heterocycles. The summed E-state index contributed by atoms with van der Waals surface area (Å²) < 4.78 is 51.9. The largest absolute Gasteiger partial charge is 0.466 e. The van der Waals surface area contributed by atoms with Gasteiger partial charge in [-0.15, -0.1) is 0 Å². The minimum atomic E-state index is -4.75. The van der Waals surface area contributed by atoms with Crippen molar-refractivity contribution < 1.29 is 27.4 Å². The van der Waals surface area contributed by atoms with Gasteiger partial charge in [-0.2, -0.15) is 13.2 Å². The average Bonchev–Trinajstić information content (AvgIpc) is 3.34. The third-order valence-corrected chi connectivity index (χ3v) is 4.37. The maximum absolute atomic E-state index is 14.0. The Morgan fingerprint density at radius 3 is 2.72 bits per heavy atom. The Morgan fingerprint density at radius 2 is 2.12 bits per heavy atom. The number of urea groups is 1. The van der Waals surface area contributed by atoms with E-state index in [-0.39, 0.29) is 34.7 Å². The lowest BCUT2D eigenvalue weighted by atomic mass is 9.85. The third kappa shape index (κ3) is 3.41. The molecule has 0 radical (unpaired) electrons. The summed E-state index contributed by atoms with van der Waals surface area (Å²) in [6.07, 6.45) is -0.564. The summed E-state index contributed by atoms with van der Waals surface area (Å²) in [5, 5.41) is 4.37. The van der Waals surface area contributed by atoms with Crippen LogP contribution in [-0.2, 0) is 10.3 Å². The van der Waals surface area contributed by atoms with Gasteiger partial charge in [-0.25, -0.2) is 4.79 Å². The Hall–Kier alpha value is -1.93. The van der Waals surface area contributed by atoms with E-state index >= 15 is 0 Å². The normalized spacial score (nSPS) is 23.2. The number of hydrogen-bond donors (Lipinski definition) is 2. The van der Waals surface area contributed by atoms with E-state index in [1.54, 1.807) is 0 Å². The maximum atomic E-state index is 14.0. The summed E-state index contributed by atoms with van der Waals surface area (Å²) in [6, 6.07) is 1.46. The van der Waals surface area contributed by atoms with Crippen LogP contribution >= 0.6 is 11.6 Å². The summed E-state index contributed by atoms with van der Waals surface area (Å²) in [7, 11) is 1.40. The number of hydrogen-bond acceptors (Lipinski definition) is 3. The van der Waals surface area contributed by atoms with Gasteiger partial charge >= 0.3 is 12.2 Å². The molecule has 3 rings (SSSR count). The first-order valence-corrected chi connectivity index (χ1v) is 7.95. The van der Waals surface area contributed by atoms with Crippen LogP contribution in [0.25, 0.3) is 0 Å². The van der Waals surface area contributed by atoms with Gasteiger partial charge in [0.25, 0.3) is 0 Å². The third-order valence-electron chi connectivity index (χ3n) is 4.08. The Balaban J connectivity index is 2.12. The van der Waals surface area contributed by atoms with Crippen molar-refractivity contribution in [2.75, 3.05) is 19.2 Å². The number of carbonyl (C=O) groups excluding carboxylic acids is 1. The van der Waals surface area contributed by atoms with Gasteiger partial charge in [0, 0.05) is 18.7 Å². The number of ether oxygens (including phenoxy) is 2. The minimum Gasteiger partial charge on any atom is -0.466 e. The highest BCUT2D eigenvalue weighted by Crippen LogP contribution is 2.48. The van der Waals surface area contributed by atoms with Gasteiger partial charge in [0.2, 0.25) is 0 Å². The van der Waals surface area contributed by atoms with Crippen LogP contribution in [0.2, 0.25) is 5.02 Å². The van der Waals surface area contributed by atoms with Crippen molar-refractivity contribution in [1.29, 1.82) is 0 Å². The van der Waals surface area contributed by atoms with Crippen LogP contribution in [0.4, 0.5) is 23.7 Å². The molecule has 2 aliphatic rings. The first-order chi connectivity index (χ1) is 11.8. The lowest BCUT2D eigenvalue weighted by molar-refractivity contribution is -0.181. The zero-order valence-electron chi connectivity index (χ0n) is 13.2. The monoisotopic (exact) mass is 376 g/mol. The van der Waals surface area contributed by atoms with Crippen LogP contribution in [-0.4, -0.2) is 26.1 Å². The van der Waals surface area contributed by atoms with Gasteiger partial charge in [-0.3, -0.25) is 0 Å². The molecule has 0 unspecified atom stereocenters. The fourth-order valence-corrected chi connectivity index (χ4v) is 2.85. The van der Waals surface area contributed by atoms with E-state index in [1.165, 1.54) is 19.3 Å². The zero-order chi connectivity index (χ0) is 18.2. The van der Waals surface area contributed by atoms with Gasteiger partial charge in [0.1, 0.15) is 5.75 Å². The predicted molar refractivity (Wildman–Crippen MR) is 85.7 cm³/mol. The van der Waals surface area contributed by atoms with Gasteiger partial charge in [0.15, 0.2) is 12.3 Å². The van der Waals surface area contributed by atoms with Crippen molar-refractivity contribution in [2.24, 2.45) is 5.92 Å². The molecule has 1 atom stereocenters. The number of amides is 2. The minimum absolute atomic E-state index is 0.0119. The molecular formula is C16H16ClF3N2O3. The molecule has 1 aliphatic carbocycles. The molecule has 1 aliphatic heterocycles. The SMILES string of the molecule is COCOc1cc2c(cc1Cl)[C@@](C=CC1CC1)(C(F)(F)F)NC(=O)N2. The van der Waals surface area contributed by atoms with E-state index in [9.17, 15) is 18.0 Å². The van der Waals surface area contributed by atoms with E-state index in [1.807, 2.05) is 5.32 Å². The van der Waals surface area contributed by atoms with Gasteiger partial charge < -0.3 is 20.1 Å². The molecule has 2 amide bonds. The molecule has 9 heteroatoms. The predicted octanol–water partition coefficient (Wildman–Crippen LogP) is 4.18. The van der Waals surface area contributed by atoms with Crippen LogP contribution in [0.15, 0.2) is 24.3 Å². The molecule has 136 valence electrons. The van der Waals surface area contributed by atoms with E-state index in [2.05, 4.69) is 5.32 Å². The number of benzene rings is 1. The molecule has 0 spiro atoms. The molecule has 1 aromatic carbocycles. The standard InChI is InChI=1S/C16H16ClF3N2O3/c1-24-8-25-13-7-12-10(6-11(13)17)15(16(18,19)20,22-14(23)21-12)5-4-9-2-3-9/h4-7,9H,2-3,8H2,1H3,(H2,21,22,23)/t15-/m0/s1. The number of carbonyl (C=O) groups is 1. The van der Waals surface area contributed by atoms with Crippen molar-refractivity contribution in [3.05, 3.63) is 34.9 Å². The molecule has 25 heavy (non-hydrogen) atoms. The maximum Gasteiger partial charge on any atom is 0.419 e. The molecule has 1 fully saturated rings. The van der Waals surface area contributed by atoms with Crippen LogP contribution in [0.5, 0.6) is 5.75 Å². The highest BCUT2D eigenvalue weighted by Gasteiger charge is 2.58. The smallest absolute Gasteiger partial charge is 0.419 e. The van der Waals surface area contributed by atoms with E-state index < -0.39 is 17.7 Å². The number of nitrogens with one attached hydrogen (secondary N) is 2. The highest BCUT2D eigenvalue weighted by atomic mass is 35.5. The average molecular weight is 377 g/mol. The molecule has 1 heterocycles. The molecular weight excluding hydrogens is 361 g/mol. The number of fused-ring (bicyclic) bond motifs is 1. The molecule has 2 N–H and O–H groups in total. The van der Waals surface area contributed by atoms with Crippen LogP contribution in [0.1, 0.15) is 18.4 Å². The first kappa shape index (κ1) is 17.9. The quantitative estimate of drug-likeness (QED) is 0.598. The van der Waals surface area contributed by atoms with E-state index in [4.69, 9.17) is 21.1 Å². The van der Waals surface area contributed by atoms with Gasteiger partial charge in [-0.05, 0) is 30.9 Å². The Morgan fingerprint density at radius 1 is 1.40 bits per heavy atom. The van der Waals surface area contributed by atoms with Gasteiger partial charge in [-0.1, -0.05) is 17.7 Å². The summed E-state index contributed by atoms with van der Waals surface area (Å²) in [6.45, 7) is -0.128. The number of methoxy groups -OCH3 is 1. The van der Waals surface area contributed by atoms with E-state index in [0.29, 0.717) is 0 Å². The fraction of sp³-hybridized carbons (Fsp3) is 0.438. The number of rotatable bonds is 5. The topological polar surface area (TPSA) is 59.6 Å². The fourth-order valence-electron chi connectivity index (χ4n) is 2.63. The lowest BCUT2D eigenvalue weighted by Crippen LogP contribution is -2.58. The number of alkyl halides is 3. The summed E-state index contributed by atoms with van der Waals surface area (Å²) >= 11 is 6.07. The zero-order valence-corrected chi connectivity index (χ0v) is 14.0. The summed E-state index contributed by atoms with van der Waals surface area (Å²) in [5.74, 6) is 0.223. The van der Waals surface area contributed by atoms with Crippen LogP contribution in [0.3, 0.4) is 0 Å². The molecule has 0 bridgehead atoms. The van der Waals surface area contributed by atoms with Crippen LogP contribution in [0, 0.1) is 5.92 Å². The Kier molecular flexibility index (Phi) is 4.59. The van der Waals surface area contributed by atoms with Gasteiger partial charge in [0.05, 0.1) is 10.7 Å². The van der Waals surface area contributed by atoms with Crippen molar-refractivity contribution in [1.82, 2.24) is 5.32 Å². The van der Waals surface area contributed by atoms with Crippen molar-refractivity contribution in [3.8, 4) is 5.75 Å². The second-order valence-corrected chi connectivity index (χ2v) is 6.37. The molecule has 1 aromatic rings. The van der Waals surface area contributed by atoms with E-state index in [0.717, 1.165) is 25.0 Å². The number of allylic oxidation sites excluding steroid dienone is 1. The summed E-state index contributed by atoms with van der Waals surface area (Å²) in [5.41, 5.74) is -2.85. The lowest BCUT2D eigenvalue weighted by Gasteiger charge is -2.39. The number of anilines is 1. The van der Waals surface area contributed by atoms with Crippen molar-refractivity contribution in [3.63, 3.8) is 0 Å². The Bertz CT molecular complexity index is 719.